The molecule has 0 atom stereocenters. The molecule has 1 N–H and O–H groups in total. The molecule has 0 aliphatic rings. The van der Waals surface area contributed by atoms with Crippen molar-refractivity contribution in [2.24, 2.45) is 0 Å². The van der Waals surface area contributed by atoms with Crippen molar-refractivity contribution in [2.45, 2.75) is 13.5 Å². The molecule has 0 aliphatic carbocycles. The van der Waals surface area contributed by atoms with Crippen LogP contribution < -0.4 is 10.4 Å². The maximum Gasteiger partial charge on any atom is 0.358 e. The van der Waals surface area contributed by atoms with Crippen LogP contribution in [0.5, 0.6) is 11.6 Å². The second-order valence-corrected chi connectivity index (χ2v) is 6.80. The van der Waals surface area contributed by atoms with Gasteiger partial charge in [0.05, 0.1) is 11.2 Å². The van der Waals surface area contributed by atoms with Gasteiger partial charge >= 0.3 is 11.7 Å². The van der Waals surface area contributed by atoms with Crippen LogP contribution in [0.15, 0.2) is 71.8 Å². The van der Waals surface area contributed by atoms with Gasteiger partial charge in [0, 0.05) is 18.9 Å². The lowest BCUT2D eigenvalue weighted by Crippen LogP contribution is -2.22. The van der Waals surface area contributed by atoms with Crippen molar-refractivity contribution in [1.29, 1.82) is 0 Å². The van der Waals surface area contributed by atoms with Crippen LogP contribution in [-0.2, 0) is 6.54 Å². The molecule has 4 aromatic heterocycles. The van der Waals surface area contributed by atoms with Crippen molar-refractivity contribution in [3.8, 4) is 17.3 Å². The van der Waals surface area contributed by atoms with E-state index in [4.69, 9.17) is 4.74 Å². The lowest BCUT2D eigenvalue weighted by atomic mass is 10.3. The third-order valence-electron chi connectivity index (χ3n) is 5.02. The monoisotopic (exact) mass is 415 g/mol. The van der Waals surface area contributed by atoms with Crippen molar-refractivity contribution in [3.63, 3.8) is 0 Å². The first kappa shape index (κ1) is 18.6. The third kappa shape index (κ3) is 2.94. The van der Waals surface area contributed by atoms with Gasteiger partial charge in [-0.2, -0.15) is 4.98 Å². The molecule has 154 valence electrons. The van der Waals surface area contributed by atoms with Crippen LogP contribution >= 0.6 is 0 Å². The summed E-state index contributed by atoms with van der Waals surface area (Å²) in [7, 11) is 0. The highest BCUT2D eigenvalue weighted by Crippen LogP contribution is 2.27. The Bertz CT molecular complexity index is 1490. The fourth-order valence-electron chi connectivity index (χ4n) is 3.64. The van der Waals surface area contributed by atoms with E-state index in [2.05, 4.69) is 9.97 Å². The standard InChI is InChI=1S/C22H17N5O4/c1-2-25-16-6-5-12-23-19(16)27(22(25)30)14-8-10-15(11-9-14)31-20-18(21(28)29)26-13-4-3-7-17(26)24-20/h3-13H,2H2,1H3,(H,28,29). The second-order valence-electron chi connectivity index (χ2n) is 6.80. The van der Waals surface area contributed by atoms with Crippen LogP contribution in [0.1, 0.15) is 17.4 Å². The molecule has 1 aromatic carbocycles. The highest BCUT2D eigenvalue weighted by atomic mass is 16.5. The summed E-state index contributed by atoms with van der Waals surface area (Å²) in [6, 6.07) is 15.6. The van der Waals surface area contributed by atoms with Crippen LogP contribution in [-0.4, -0.2) is 34.6 Å². The Labute approximate surface area is 175 Å². The SMILES string of the molecule is CCn1c(=O)n(-c2ccc(Oc3nc4ccccn4c3C(=O)O)cc2)c2ncccc21. The Morgan fingerprint density at radius 3 is 2.65 bits per heavy atom. The number of ether oxygens (including phenoxy) is 1. The van der Waals surface area contributed by atoms with Gasteiger partial charge in [0.1, 0.15) is 11.4 Å². The molecule has 0 spiro atoms. The topological polar surface area (TPSA) is 104 Å². The number of rotatable bonds is 5. The van der Waals surface area contributed by atoms with E-state index < -0.39 is 5.97 Å². The molecule has 0 unspecified atom stereocenters. The number of carboxylic acids is 1. The molecular weight excluding hydrogens is 398 g/mol. The number of carboxylic acid groups (broad SMARTS) is 1. The Kier molecular flexibility index (Phi) is 4.28. The van der Waals surface area contributed by atoms with Crippen molar-refractivity contribution < 1.29 is 14.6 Å². The first-order valence-corrected chi connectivity index (χ1v) is 9.63. The van der Waals surface area contributed by atoms with Gasteiger partial charge in [0.2, 0.25) is 0 Å². The first-order chi connectivity index (χ1) is 15.1. The minimum absolute atomic E-state index is 0.00660. The van der Waals surface area contributed by atoms with E-state index in [1.807, 2.05) is 13.0 Å². The van der Waals surface area contributed by atoms with Gasteiger partial charge in [-0.1, -0.05) is 6.07 Å². The van der Waals surface area contributed by atoms with E-state index in [1.54, 1.807) is 65.5 Å². The van der Waals surface area contributed by atoms with Crippen molar-refractivity contribution in [3.05, 3.63) is 83.2 Å². The molecule has 31 heavy (non-hydrogen) atoms. The fraction of sp³-hybridized carbons (Fsp3) is 0.0909. The molecule has 0 fully saturated rings. The zero-order valence-electron chi connectivity index (χ0n) is 16.5. The lowest BCUT2D eigenvalue weighted by Gasteiger charge is -2.06. The Morgan fingerprint density at radius 1 is 1.10 bits per heavy atom. The van der Waals surface area contributed by atoms with E-state index in [0.717, 1.165) is 5.52 Å². The average molecular weight is 415 g/mol. The van der Waals surface area contributed by atoms with Gasteiger partial charge in [-0.25, -0.2) is 19.1 Å². The largest absolute Gasteiger partial charge is 0.476 e. The molecule has 0 aliphatic heterocycles. The van der Waals surface area contributed by atoms with Crippen molar-refractivity contribution >= 4 is 22.8 Å². The number of hydrogen-bond donors (Lipinski definition) is 1. The zero-order chi connectivity index (χ0) is 21.5. The third-order valence-corrected chi connectivity index (χ3v) is 5.02. The molecule has 5 rings (SSSR count). The van der Waals surface area contributed by atoms with Gasteiger partial charge in [-0.05, 0) is 55.5 Å². The number of aromatic nitrogens is 5. The van der Waals surface area contributed by atoms with Gasteiger partial charge in [-0.15, -0.1) is 0 Å². The van der Waals surface area contributed by atoms with Crippen molar-refractivity contribution in [1.82, 2.24) is 23.5 Å². The number of hydrogen-bond acceptors (Lipinski definition) is 5. The van der Waals surface area contributed by atoms with Crippen LogP contribution in [0.2, 0.25) is 0 Å². The Morgan fingerprint density at radius 2 is 1.90 bits per heavy atom. The molecule has 0 saturated carbocycles. The number of carbonyl (C=O) groups is 1. The molecule has 9 heteroatoms. The number of nitrogens with zero attached hydrogens (tertiary/aromatic N) is 5. The highest BCUT2D eigenvalue weighted by molar-refractivity contribution is 5.90. The number of pyridine rings is 2. The van der Waals surface area contributed by atoms with E-state index in [9.17, 15) is 14.7 Å². The zero-order valence-corrected chi connectivity index (χ0v) is 16.5. The molecule has 5 aromatic rings. The maximum atomic E-state index is 12.9. The van der Waals surface area contributed by atoms with Crippen molar-refractivity contribution in [2.75, 3.05) is 0 Å². The summed E-state index contributed by atoms with van der Waals surface area (Å²) in [5.74, 6) is -0.752. The fourth-order valence-corrected chi connectivity index (χ4v) is 3.64. The summed E-state index contributed by atoms with van der Waals surface area (Å²) in [6.45, 7) is 2.44. The lowest BCUT2D eigenvalue weighted by molar-refractivity contribution is 0.0686. The molecule has 0 radical (unpaired) electrons. The maximum absolute atomic E-state index is 12.9. The number of aromatic carboxylic acids is 1. The molecule has 0 bridgehead atoms. The molecular formula is C22H17N5O4. The van der Waals surface area contributed by atoms with Gasteiger partial charge in [0.25, 0.3) is 5.88 Å². The summed E-state index contributed by atoms with van der Waals surface area (Å²) in [4.78, 5) is 33.3. The Hall–Kier alpha value is -4.40. The van der Waals surface area contributed by atoms with E-state index >= 15 is 0 Å². The minimum atomic E-state index is -1.14. The molecule has 4 heterocycles. The number of imidazole rings is 2. The summed E-state index contributed by atoms with van der Waals surface area (Å²) in [6.07, 6.45) is 3.26. The highest BCUT2D eigenvalue weighted by Gasteiger charge is 2.21. The Balaban J connectivity index is 1.54. The summed E-state index contributed by atoms with van der Waals surface area (Å²) in [5, 5.41) is 9.59. The van der Waals surface area contributed by atoms with Crippen LogP contribution in [0, 0.1) is 0 Å². The van der Waals surface area contributed by atoms with Crippen LogP contribution in [0.3, 0.4) is 0 Å². The van der Waals surface area contributed by atoms with Gasteiger partial charge < -0.3 is 9.84 Å². The predicted molar refractivity (Wildman–Crippen MR) is 113 cm³/mol. The molecule has 0 saturated heterocycles. The van der Waals surface area contributed by atoms with E-state index in [-0.39, 0.29) is 17.3 Å². The summed E-state index contributed by atoms with van der Waals surface area (Å²) < 4.78 is 10.4. The van der Waals surface area contributed by atoms with E-state index in [0.29, 0.717) is 29.3 Å². The first-order valence-electron chi connectivity index (χ1n) is 9.63. The summed E-state index contributed by atoms with van der Waals surface area (Å²) in [5.41, 5.74) is 2.17. The molecule has 9 nitrogen and oxygen atoms in total. The quantitative estimate of drug-likeness (QED) is 0.472. The van der Waals surface area contributed by atoms with E-state index in [1.165, 1.54) is 8.97 Å². The molecule has 0 amide bonds. The smallest absolute Gasteiger partial charge is 0.358 e. The van der Waals surface area contributed by atoms with Gasteiger partial charge in [0.15, 0.2) is 11.3 Å². The minimum Gasteiger partial charge on any atom is -0.476 e. The van der Waals surface area contributed by atoms with Crippen LogP contribution in [0.25, 0.3) is 22.5 Å². The number of fused-ring (bicyclic) bond motifs is 2. The number of aryl methyl sites for hydroxylation is 1. The average Bonchev–Trinajstić information content (AvgIpc) is 3.28. The summed E-state index contributed by atoms with van der Waals surface area (Å²) >= 11 is 0. The van der Waals surface area contributed by atoms with Crippen LogP contribution in [0.4, 0.5) is 0 Å². The normalized spacial score (nSPS) is 11.3. The second kappa shape index (κ2) is 7.13. The predicted octanol–water partition coefficient (Wildman–Crippen LogP) is 3.35. The number of benzene rings is 1. The van der Waals surface area contributed by atoms with Gasteiger partial charge in [-0.3, -0.25) is 8.97 Å².